The Bertz CT molecular complexity index is 1400. The topological polar surface area (TPSA) is 144 Å². The zero-order valence-corrected chi connectivity index (χ0v) is 19.4. The lowest BCUT2D eigenvalue weighted by Crippen LogP contribution is -2.32. The third-order valence-electron chi connectivity index (χ3n) is 4.51. The van der Waals surface area contributed by atoms with Crippen LogP contribution in [0.3, 0.4) is 0 Å². The third kappa shape index (κ3) is 7.09. The number of rotatable bonds is 8. The normalized spacial score (nSPS) is 11.9. The van der Waals surface area contributed by atoms with Gasteiger partial charge in [0.05, 0.1) is 6.21 Å². The van der Waals surface area contributed by atoms with E-state index >= 15 is 0 Å². The van der Waals surface area contributed by atoms with E-state index in [0.29, 0.717) is 5.56 Å². The van der Waals surface area contributed by atoms with Gasteiger partial charge in [-0.25, -0.2) is 18.2 Å². The highest BCUT2D eigenvalue weighted by Crippen LogP contribution is 2.15. The number of anilines is 1. The van der Waals surface area contributed by atoms with Gasteiger partial charge >= 0.3 is 0 Å². The van der Waals surface area contributed by atoms with Crippen LogP contribution in [0.25, 0.3) is 6.08 Å². The summed E-state index contributed by atoms with van der Waals surface area (Å²) in [5.74, 6) is -2.27. The van der Waals surface area contributed by atoms with E-state index in [1.54, 1.807) is 12.1 Å². The van der Waals surface area contributed by atoms with Crippen LogP contribution in [0.15, 0.2) is 81.0 Å². The smallest absolute Gasteiger partial charge is 0.287 e. The lowest BCUT2D eigenvalue weighted by atomic mass is 10.1. The number of benzene rings is 2. The maximum atomic E-state index is 13.5. The third-order valence-corrected chi connectivity index (χ3v) is 5.22. The number of carbonyl (C=O) groups excluding carboxylic acids is 2. The van der Waals surface area contributed by atoms with Crippen molar-refractivity contribution >= 4 is 39.9 Å². The maximum absolute atomic E-state index is 13.5. The molecule has 0 aliphatic rings. The molecule has 0 atom stereocenters. The van der Waals surface area contributed by atoms with E-state index in [1.165, 1.54) is 30.3 Å². The molecule has 1 aromatic heterocycles. The van der Waals surface area contributed by atoms with Gasteiger partial charge < -0.3 is 19.2 Å². The molecule has 0 spiro atoms. The van der Waals surface area contributed by atoms with Crippen molar-refractivity contribution in [3.8, 4) is 0 Å². The highest BCUT2D eigenvalue weighted by atomic mass is 32.2. The van der Waals surface area contributed by atoms with Crippen molar-refractivity contribution in [2.24, 2.45) is 5.10 Å². The number of nitrogens with one attached hydrogen (secondary N) is 2. The Morgan fingerprint density at radius 2 is 1.80 bits per heavy atom. The number of halogens is 1. The largest absolute Gasteiger partial charge is 0.742 e. The van der Waals surface area contributed by atoms with Gasteiger partial charge in [-0.05, 0) is 54.1 Å². The highest BCUT2D eigenvalue weighted by Gasteiger charge is 2.15. The molecule has 10 nitrogen and oxygen atoms in total. The Kier molecular flexibility index (Phi) is 7.79. The van der Waals surface area contributed by atoms with Gasteiger partial charge in [0.2, 0.25) is 5.09 Å². The molecule has 12 heteroatoms. The van der Waals surface area contributed by atoms with Gasteiger partial charge in [0.15, 0.2) is 10.1 Å². The Morgan fingerprint density at radius 3 is 2.40 bits per heavy atom. The van der Waals surface area contributed by atoms with Crippen LogP contribution in [0.5, 0.6) is 0 Å². The summed E-state index contributed by atoms with van der Waals surface area (Å²) < 4.78 is 51.2. The first kappa shape index (κ1) is 25.3. The van der Waals surface area contributed by atoms with Crippen molar-refractivity contribution in [2.45, 2.75) is 5.09 Å². The number of amides is 2. The molecule has 1 heterocycles. The van der Waals surface area contributed by atoms with Crippen molar-refractivity contribution in [1.82, 2.24) is 10.7 Å². The Balaban J connectivity index is 1.82. The van der Waals surface area contributed by atoms with Crippen LogP contribution in [0, 0.1) is 5.82 Å². The van der Waals surface area contributed by atoms with Crippen LogP contribution >= 0.6 is 0 Å². The molecule has 0 aliphatic carbocycles. The van der Waals surface area contributed by atoms with Crippen molar-refractivity contribution in [2.75, 3.05) is 19.0 Å². The van der Waals surface area contributed by atoms with Gasteiger partial charge in [-0.15, -0.1) is 0 Å². The Morgan fingerprint density at radius 1 is 1.09 bits per heavy atom. The predicted octanol–water partition coefficient (Wildman–Crippen LogP) is 2.31. The second-order valence-electron chi connectivity index (χ2n) is 7.32. The average molecular weight is 500 g/mol. The van der Waals surface area contributed by atoms with Crippen LogP contribution < -0.4 is 15.6 Å². The van der Waals surface area contributed by atoms with Crippen LogP contribution in [0.1, 0.15) is 21.7 Å². The summed E-state index contributed by atoms with van der Waals surface area (Å²) in [6.45, 7) is 0. The molecule has 182 valence electrons. The van der Waals surface area contributed by atoms with E-state index in [9.17, 15) is 27.0 Å². The summed E-state index contributed by atoms with van der Waals surface area (Å²) in [6, 6.07) is 14.2. The molecule has 0 unspecified atom stereocenters. The highest BCUT2D eigenvalue weighted by molar-refractivity contribution is 7.85. The van der Waals surface area contributed by atoms with Crippen molar-refractivity contribution in [3.63, 3.8) is 0 Å². The first-order chi connectivity index (χ1) is 16.5. The fourth-order valence-electron chi connectivity index (χ4n) is 2.77. The Hall–Kier alpha value is -4.29. The van der Waals surface area contributed by atoms with Gasteiger partial charge in [0.25, 0.3) is 11.8 Å². The van der Waals surface area contributed by atoms with Crippen LogP contribution in [0.4, 0.5) is 10.1 Å². The molecule has 0 saturated carbocycles. The Labute approximate surface area is 200 Å². The molecule has 0 radical (unpaired) electrons. The minimum Gasteiger partial charge on any atom is -0.742 e. The molecule has 2 N–H and O–H groups in total. The maximum Gasteiger partial charge on any atom is 0.287 e. The van der Waals surface area contributed by atoms with E-state index in [0.717, 1.165) is 24.0 Å². The van der Waals surface area contributed by atoms with Gasteiger partial charge in [0, 0.05) is 25.3 Å². The summed E-state index contributed by atoms with van der Waals surface area (Å²) in [4.78, 5) is 27.2. The lowest BCUT2D eigenvalue weighted by Gasteiger charge is -2.12. The lowest BCUT2D eigenvalue weighted by molar-refractivity contribution is -0.117. The minimum atomic E-state index is -4.77. The average Bonchev–Trinajstić information content (AvgIpc) is 3.28. The molecular weight excluding hydrogens is 479 g/mol. The quantitative estimate of drug-likeness (QED) is 0.209. The number of furan rings is 1. The first-order valence-electron chi connectivity index (χ1n) is 9.98. The van der Waals surface area contributed by atoms with Crippen molar-refractivity contribution < 1.29 is 31.4 Å². The van der Waals surface area contributed by atoms with Gasteiger partial charge in [0.1, 0.15) is 17.3 Å². The molecule has 3 rings (SSSR count). The standard InChI is InChI=1S/C23H21FN4O6S/c1-28(2)18-8-6-15(7-9-18)12-20(26-22(29)16-4-3-5-17(24)13-16)23(30)27-25-14-19-10-11-21(34-19)35(31,32)33/h3-14H,1-2H3,(H,26,29)(H,27,30)(H,31,32,33)/p-1/b20-12-,25-14-. The number of hydrogen-bond donors (Lipinski definition) is 2. The fourth-order valence-corrected chi connectivity index (χ4v) is 3.20. The minimum absolute atomic E-state index is 0.00269. The second-order valence-corrected chi connectivity index (χ2v) is 8.63. The van der Waals surface area contributed by atoms with E-state index in [2.05, 4.69) is 15.8 Å². The number of hydrogen-bond acceptors (Lipinski definition) is 8. The summed E-state index contributed by atoms with van der Waals surface area (Å²) in [6.07, 6.45) is 2.38. The number of carbonyl (C=O) groups is 2. The molecule has 3 aromatic rings. The van der Waals surface area contributed by atoms with E-state index in [1.807, 2.05) is 31.1 Å². The predicted molar refractivity (Wildman–Crippen MR) is 125 cm³/mol. The molecule has 35 heavy (non-hydrogen) atoms. The van der Waals surface area contributed by atoms with Crippen LogP contribution in [-0.4, -0.2) is 45.1 Å². The molecule has 0 saturated heterocycles. The fraction of sp³-hybridized carbons (Fsp3) is 0.0870. The number of nitrogens with zero attached hydrogens (tertiary/aromatic N) is 2. The molecule has 0 aliphatic heterocycles. The second kappa shape index (κ2) is 10.8. The SMILES string of the molecule is CN(C)c1ccc(/C=C(\NC(=O)c2cccc(F)c2)C(=O)N/N=C\c2ccc(S(=O)(=O)[O-])o2)cc1. The van der Waals surface area contributed by atoms with Gasteiger partial charge in [-0.3, -0.25) is 9.59 Å². The molecule has 2 amide bonds. The zero-order chi connectivity index (χ0) is 25.6. The van der Waals surface area contributed by atoms with E-state index < -0.39 is 32.8 Å². The molecular formula is C23H20FN4O6S-. The molecule has 0 bridgehead atoms. The van der Waals surface area contributed by atoms with Crippen LogP contribution in [-0.2, 0) is 14.9 Å². The van der Waals surface area contributed by atoms with Gasteiger partial charge in [-0.2, -0.15) is 5.10 Å². The summed E-state index contributed by atoms with van der Waals surface area (Å²) >= 11 is 0. The first-order valence-corrected chi connectivity index (χ1v) is 11.4. The summed E-state index contributed by atoms with van der Waals surface area (Å²) in [5.41, 5.74) is 3.47. The molecule has 0 fully saturated rings. The van der Waals surface area contributed by atoms with Crippen molar-refractivity contribution in [3.05, 3.63) is 89.1 Å². The summed E-state index contributed by atoms with van der Waals surface area (Å²) in [5, 5.41) is 5.29. The zero-order valence-electron chi connectivity index (χ0n) is 18.6. The van der Waals surface area contributed by atoms with Crippen molar-refractivity contribution in [1.29, 1.82) is 0 Å². The van der Waals surface area contributed by atoms with E-state index in [-0.39, 0.29) is 17.0 Å². The van der Waals surface area contributed by atoms with Crippen LogP contribution in [0.2, 0.25) is 0 Å². The monoisotopic (exact) mass is 499 g/mol. The van der Waals surface area contributed by atoms with Gasteiger partial charge in [-0.1, -0.05) is 18.2 Å². The summed E-state index contributed by atoms with van der Waals surface area (Å²) in [7, 11) is -1.03. The van der Waals surface area contributed by atoms with E-state index in [4.69, 9.17) is 4.42 Å². The molecule has 2 aromatic carbocycles. The number of hydrazone groups is 1.